The lowest BCUT2D eigenvalue weighted by molar-refractivity contribution is -0.116. The maximum Gasteiger partial charge on any atom is 0.231 e. The van der Waals surface area contributed by atoms with Crippen molar-refractivity contribution in [2.45, 2.75) is 19.9 Å². The SMILES string of the molecule is CCN(CCC(=O)Nc1cc(OC)c(OC)c(OC)c1)Cc1ccc2c(c1)OCO2. The van der Waals surface area contributed by atoms with Gasteiger partial charge in [-0.05, 0) is 24.2 Å². The number of carbonyl (C=O) groups excluding carboxylic acids is 1. The van der Waals surface area contributed by atoms with Gasteiger partial charge >= 0.3 is 0 Å². The van der Waals surface area contributed by atoms with Crippen molar-refractivity contribution < 1.29 is 28.5 Å². The van der Waals surface area contributed by atoms with E-state index in [0.29, 0.717) is 35.9 Å². The van der Waals surface area contributed by atoms with Gasteiger partial charge in [0.05, 0.1) is 21.3 Å². The molecule has 0 saturated carbocycles. The van der Waals surface area contributed by atoms with Crippen molar-refractivity contribution in [2.24, 2.45) is 0 Å². The molecule has 0 aromatic heterocycles. The van der Waals surface area contributed by atoms with E-state index < -0.39 is 0 Å². The van der Waals surface area contributed by atoms with Gasteiger partial charge in [0.1, 0.15) is 0 Å². The number of carbonyl (C=O) groups is 1. The minimum absolute atomic E-state index is 0.0894. The van der Waals surface area contributed by atoms with Crippen LogP contribution in [0.25, 0.3) is 0 Å². The molecule has 0 atom stereocenters. The van der Waals surface area contributed by atoms with Gasteiger partial charge in [0.15, 0.2) is 23.0 Å². The molecule has 0 unspecified atom stereocenters. The zero-order valence-corrected chi connectivity index (χ0v) is 17.8. The van der Waals surface area contributed by atoms with Crippen LogP contribution in [-0.2, 0) is 11.3 Å². The van der Waals surface area contributed by atoms with Crippen molar-refractivity contribution in [1.29, 1.82) is 0 Å². The van der Waals surface area contributed by atoms with Crippen LogP contribution >= 0.6 is 0 Å². The first-order valence-corrected chi connectivity index (χ1v) is 9.78. The number of anilines is 1. The molecule has 8 heteroatoms. The summed E-state index contributed by atoms with van der Waals surface area (Å²) in [5.41, 5.74) is 1.71. The van der Waals surface area contributed by atoms with Crippen molar-refractivity contribution in [3.63, 3.8) is 0 Å². The maximum absolute atomic E-state index is 12.5. The molecule has 3 rings (SSSR count). The summed E-state index contributed by atoms with van der Waals surface area (Å²) in [6.45, 7) is 4.51. The molecule has 0 aliphatic carbocycles. The van der Waals surface area contributed by atoms with Gasteiger partial charge in [-0.15, -0.1) is 0 Å². The summed E-state index contributed by atoms with van der Waals surface area (Å²) in [7, 11) is 4.62. The minimum Gasteiger partial charge on any atom is -0.493 e. The number of nitrogens with one attached hydrogen (secondary N) is 1. The predicted molar refractivity (Wildman–Crippen MR) is 113 cm³/mol. The third kappa shape index (κ3) is 5.07. The highest BCUT2D eigenvalue weighted by Gasteiger charge is 2.16. The highest BCUT2D eigenvalue weighted by molar-refractivity contribution is 5.91. The molecule has 8 nitrogen and oxygen atoms in total. The lowest BCUT2D eigenvalue weighted by atomic mass is 10.2. The van der Waals surface area contributed by atoms with E-state index in [-0.39, 0.29) is 12.7 Å². The first-order chi connectivity index (χ1) is 14.6. The van der Waals surface area contributed by atoms with Crippen molar-refractivity contribution >= 4 is 11.6 Å². The van der Waals surface area contributed by atoms with Crippen LogP contribution in [-0.4, -0.2) is 52.0 Å². The van der Waals surface area contributed by atoms with Crippen molar-refractivity contribution in [2.75, 3.05) is 46.5 Å². The first kappa shape index (κ1) is 21.6. The molecule has 1 amide bonds. The zero-order chi connectivity index (χ0) is 21.5. The summed E-state index contributed by atoms with van der Waals surface area (Å²) >= 11 is 0. The Hall–Kier alpha value is -3.13. The van der Waals surface area contributed by atoms with Crippen LogP contribution in [0.5, 0.6) is 28.7 Å². The average Bonchev–Trinajstić information content (AvgIpc) is 3.23. The van der Waals surface area contributed by atoms with E-state index in [1.807, 2.05) is 18.2 Å². The Labute approximate surface area is 176 Å². The molecule has 1 aliphatic heterocycles. The number of hydrogen-bond donors (Lipinski definition) is 1. The van der Waals surface area contributed by atoms with Gasteiger partial charge < -0.3 is 29.0 Å². The number of hydrogen-bond acceptors (Lipinski definition) is 7. The predicted octanol–water partition coefficient (Wildman–Crippen LogP) is 3.29. The highest BCUT2D eigenvalue weighted by Crippen LogP contribution is 2.40. The number of nitrogens with zero attached hydrogens (tertiary/aromatic N) is 1. The van der Waals surface area contributed by atoms with E-state index in [2.05, 4.69) is 17.1 Å². The number of benzene rings is 2. The molecule has 1 N–H and O–H groups in total. The maximum atomic E-state index is 12.5. The first-order valence-electron chi connectivity index (χ1n) is 9.78. The summed E-state index contributed by atoms with van der Waals surface area (Å²) in [5, 5.41) is 2.90. The van der Waals surface area contributed by atoms with Crippen LogP contribution in [0.4, 0.5) is 5.69 Å². The minimum atomic E-state index is -0.0894. The van der Waals surface area contributed by atoms with Crippen LogP contribution in [0, 0.1) is 0 Å². The number of fused-ring (bicyclic) bond motifs is 1. The second-order valence-corrected chi connectivity index (χ2v) is 6.77. The molecule has 0 saturated heterocycles. The Bertz CT molecular complexity index is 861. The van der Waals surface area contributed by atoms with Crippen LogP contribution < -0.4 is 29.0 Å². The smallest absolute Gasteiger partial charge is 0.231 e. The molecule has 0 radical (unpaired) electrons. The third-order valence-electron chi connectivity index (χ3n) is 4.89. The quantitative estimate of drug-likeness (QED) is 0.637. The lowest BCUT2D eigenvalue weighted by Crippen LogP contribution is -2.27. The molecule has 162 valence electrons. The summed E-state index contributed by atoms with van der Waals surface area (Å²) in [6, 6.07) is 9.35. The Morgan fingerprint density at radius 1 is 1.03 bits per heavy atom. The largest absolute Gasteiger partial charge is 0.493 e. The fraction of sp³-hybridized carbons (Fsp3) is 0.409. The Kier molecular flexibility index (Phi) is 7.24. The van der Waals surface area contributed by atoms with Gasteiger partial charge in [0.2, 0.25) is 18.4 Å². The van der Waals surface area contributed by atoms with Crippen molar-refractivity contribution in [1.82, 2.24) is 4.90 Å². The second kappa shape index (κ2) is 10.1. The summed E-state index contributed by atoms with van der Waals surface area (Å²) in [6.07, 6.45) is 0.356. The van der Waals surface area contributed by atoms with Crippen LogP contribution in [0.2, 0.25) is 0 Å². The highest BCUT2D eigenvalue weighted by atomic mass is 16.7. The van der Waals surface area contributed by atoms with E-state index in [0.717, 1.165) is 30.2 Å². The Morgan fingerprint density at radius 2 is 1.73 bits per heavy atom. The van der Waals surface area contributed by atoms with Gasteiger partial charge in [-0.3, -0.25) is 9.69 Å². The molecular weight excluding hydrogens is 388 g/mol. The molecule has 0 fully saturated rings. The molecule has 1 aliphatic rings. The molecular formula is C22H28N2O6. The van der Waals surface area contributed by atoms with Gasteiger partial charge in [0.25, 0.3) is 0 Å². The molecule has 2 aromatic carbocycles. The van der Waals surface area contributed by atoms with Gasteiger partial charge in [-0.25, -0.2) is 0 Å². The van der Waals surface area contributed by atoms with Gasteiger partial charge in [-0.1, -0.05) is 13.0 Å². The summed E-state index contributed by atoms with van der Waals surface area (Å²) in [4.78, 5) is 14.7. The van der Waals surface area contributed by atoms with Crippen molar-refractivity contribution in [3.8, 4) is 28.7 Å². The van der Waals surface area contributed by atoms with E-state index in [1.54, 1.807) is 12.1 Å². The summed E-state index contributed by atoms with van der Waals surface area (Å²) in [5.74, 6) is 2.91. The Morgan fingerprint density at radius 3 is 2.37 bits per heavy atom. The van der Waals surface area contributed by atoms with Gasteiger partial charge in [-0.2, -0.15) is 0 Å². The number of amides is 1. The van der Waals surface area contributed by atoms with E-state index in [1.165, 1.54) is 21.3 Å². The van der Waals surface area contributed by atoms with E-state index >= 15 is 0 Å². The van der Waals surface area contributed by atoms with Crippen LogP contribution in [0.15, 0.2) is 30.3 Å². The number of methoxy groups -OCH3 is 3. The van der Waals surface area contributed by atoms with Gasteiger partial charge in [0, 0.05) is 37.3 Å². The molecule has 30 heavy (non-hydrogen) atoms. The molecule has 1 heterocycles. The fourth-order valence-electron chi connectivity index (χ4n) is 3.28. The summed E-state index contributed by atoms with van der Waals surface area (Å²) < 4.78 is 26.8. The van der Waals surface area contributed by atoms with E-state index in [4.69, 9.17) is 23.7 Å². The van der Waals surface area contributed by atoms with E-state index in [9.17, 15) is 4.79 Å². The normalized spacial score (nSPS) is 12.0. The van der Waals surface area contributed by atoms with Crippen LogP contribution in [0.3, 0.4) is 0 Å². The fourth-order valence-corrected chi connectivity index (χ4v) is 3.28. The zero-order valence-electron chi connectivity index (χ0n) is 17.8. The Balaban J connectivity index is 1.58. The standard InChI is InChI=1S/C22H28N2O6/c1-5-24(13-15-6-7-17-18(10-15)30-14-29-17)9-8-21(25)23-16-11-19(26-2)22(28-4)20(12-16)27-3/h6-7,10-12H,5,8-9,13-14H2,1-4H3,(H,23,25). The molecule has 0 spiro atoms. The third-order valence-corrected chi connectivity index (χ3v) is 4.89. The topological polar surface area (TPSA) is 78.5 Å². The van der Waals surface area contributed by atoms with Crippen molar-refractivity contribution in [3.05, 3.63) is 35.9 Å². The monoisotopic (exact) mass is 416 g/mol. The number of ether oxygens (including phenoxy) is 5. The molecule has 2 aromatic rings. The lowest BCUT2D eigenvalue weighted by Gasteiger charge is -2.20. The second-order valence-electron chi connectivity index (χ2n) is 6.77. The van der Waals surface area contributed by atoms with Crippen LogP contribution in [0.1, 0.15) is 18.9 Å². The number of rotatable bonds is 10. The average molecular weight is 416 g/mol. The molecule has 0 bridgehead atoms.